The summed E-state index contributed by atoms with van der Waals surface area (Å²) in [4.78, 5) is 3.95. The van der Waals surface area contributed by atoms with E-state index in [9.17, 15) is 8.78 Å². The second-order valence-electron chi connectivity index (χ2n) is 5.28. The molecule has 2 rings (SSSR count). The molecule has 4 nitrogen and oxygen atoms in total. The van der Waals surface area contributed by atoms with Gasteiger partial charge in [-0.25, -0.2) is 13.8 Å². The molecule has 0 unspecified atom stereocenters. The first-order valence-electron chi connectivity index (χ1n) is 7.66. The van der Waals surface area contributed by atoms with Crippen LogP contribution >= 0.6 is 0 Å². The first-order chi connectivity index (χ1) is 10.2. The maximum Gasteiger partial charge on any atom is 0.168 e. The molecule has 1 aromatic heterocycles. The van der Waals surface area contributed by atoms with Crippen LogP contribution < -0.4 is 10.6 Å². The molecule has 1 aliphatic carbocycles. The average Bonchev–Trinajstić information content (AvgIpc) is 2.97. The minimum atomic E-state index is -0.685. The predicted molar refractivity (Wildman–Crippen MR) is 79.6 cm³/mol. The Morgan fingerprint density at radius 3 is 2.38 bits per heavy atom. The quantitative estimate of drug-likeness (QED) is 0.721. The second kappa shape index (κ2) is 8.12. The molecule has 0 bridgehead atoms. The molecule has 0 saturated heterocycles. The summed E-state index contributed by atoms with van der Waals surface area (Å²) >= 11 is 0. The summed E-state index contributed by atoms with van der Waals surface area (Å²) in [5, 5.41) is 5.70. The highest BCUT2D eigenvalue weighted by Crippen LogP contribution is 2.21. The number of halogens is 2. The Labute approximate surface area is 124 Å². The summed E-state index contributed by atoms with van der Waals surface area (Å²) in [6.45, 7) is 3.52. The van der Waals surface area contributed by atoms with Crippen LogP contribution in [0.1, 0.15) is 39.0 Å². The fraction of sp³-hybridized carbons (Fsp3) is 0.667. The molecule has 1 heterocycles. The third-order valence-corrected chi connectivity index (χ3v) is 3.52. The third kappa shape index (κ3) is 4.81. The van der Waals surface area contributed by atoms with E-state index in [1.165, 1.54) is 12.8 Å². The summed E-state index contributed by atoms with van der Waals surface area (Å²) < 4.78 is 32.9. The van der Waals surface area contributed by atoms with Gasteiger partial charge in [-0.05, 0) is 19.3 Å². The van der Waals surface area contributed by atoms with Crippen molar-refractivity contribution in [3.8, 4) is 0 Å². The van der Waals surface area contributed by atoms with E-state index in [4.69, 9.17) is 4.74 Å². The maximum absolute atomic E-state index is 13.6. The lowest BCUT2D eigenvalue weighted by Gasteiger charge is -2.13. The van der Waals surface area contributed by atoms with Gasteiger partial charge in [-0.15, -0.1) is 0 Å². The Balaban J connectivity index is 1.83. The van der Waals surface area contributed by atoms with Gasteiger partial charge in [0.1, 0.15) is 0 Å². The zero-order valence-electron chi connectivity index (χ0n) is 12.4. The van der Waals surface area contributed by atoms with Crippen LogP contribution in [-0.2, 0) is 4.74 Å². The van der Waals surface area contributed by atoms with Crippen molar-refractivity contribution in [2.45, 2.75) is 45.1 Å². The van der Waals surface area contributed by atoms with E-state index in [0.29, 0.717) is 25.8 Å². The second-order valence-corrected chi connectivity index (χ2v) is 5.28. The highest BCUT2D eigenvalue weighted by Gasteiger charge is 2.15. The van der Waals surface area contributed by atoms with E-state index in [-0.39, 0.29) is 11.6 Å². The molecule has 2 N–H and O–H groups in total. The van der Waals surface area contributed by atoms with E-state index in [1.54, 1.807) is 0 Å². The zero-order valence-corrected chi connectivity index (χ0v) is 12.4. The van der Waals surface area contributed by atoms with E-state index in [1.807, 2.05) is 6.92 Å². The van der Waals surface area contributed by atoms with Crippen LogP contribution in [-0.4, -0.2) is 30.8 Å². The zero-order chi connectivity index (χ0) is 15.1. The van der Waals surface area contributed by atoms with Crippen LogP contribution in [0.15, 0.2) is 6.07 Å². The number of hydrogen-bond acceptors (Lipinski definition) is 4. The smallest absolute Gasteiger partial charge is 0.168 e. The number of ether oxygens (including phenoxy) is 1. The van der Waals surface area contributed by atoms with Crippen LogP contribution in [0.2, 0.25) is 0 Å². The Morgan fingerprint density at radius 2 is 1.76 bits per heavy atom. The van der Waals surface area contributed by atoms with Gasteiger partial charge >= 0.3 is 0 Å². The van der Waals surface area contributed by atoms with Crippen molar-refractivity contribution < 1.29 is 13.5 Å². The average molecular weight is 299 g/mol. The molecule has 1 fully saturated rings. The van der Waals surface area contributed by atoms with Gasteiger partial charge in [0.2, 0.25) is 0 Å². The molecule has 118 valence electrons. The van der Waals surface area contributed by atoms with Gasteiger partial charge in [0.15, 0.2) is 23.3 Å². The lowest BCUT2D eigenvalue weighted by molar-refractivity contribution is 0.0658. The Hall–Kier alpha value is -1.43. The summed E-state index contributed by atoms with van der Waals surface area (Å²) in [6.07, 6.45) is 5.83. The van der Waals surface area contributed by atoms with E-state index < -0.39 is 11.6 Å². The number of nitrogens with zero attached hydrogens (tertiary/aromatic N) is 1. The molecule has 21 heavy (non-hydrogen) atoms. The molecular formula is C15H23F2N3O. The first-order valence-corrected chi connectivity index (χ1v) is 7.66. The van der Waals surface area contributed by atoms with Crippen molar-refractivity contribution in [1.29, 1.82) is 0 Å². The third-order valence-electron chi connectivity index (χ3n) is 3.52. The first kappa shape index (κ1) is 15.9. The van der Waals surface area contributed by atoms with Crippen molar-refractivity contribution in [2.75, 3.05) is 30.3 Å². The number of aromatic nitrogens is 1. The standard InChI is InChI=1S/C15H23F2N3O/c1-2-7-18-14-12(16)10-13(17)15(20-14)19-8-9-21-11-5-3-4-6-11/h10-11H,2-9H2,1H3,(H2,18,19,20). The normalized spacial score (nSPS) is 15.4. The minimum Gasteiger partial charge on any atom is -0.376 e. The number of pyridine rings is 1. The predicted octanol–water partition coefficient (Wildman–Crippen LogP) is 3.55. The summed E-state index contributed by atoms with van der Waals surface area (Å²) in [7, 11) is 0. The van der Waals surface area contributed by atoms with Crippen molar-refractivity contribution >= 4 is 11.6 Å². The van der Waals surface area contributed by atoms with Crippen LogP contribution in [0.4, 0.5) is 20.4 Å². The summed E-state index contributed by atoms with van der Waals surface area (Å²) in [6, 6.07) is 0.852. The van der Waals surface area contributed by atoms with Gasteiger partial charge in [-0.2, -0.15) is 0 Å². The molecule has 0 atom stereocenters. The molecule has 0 radical (unpaired) electrons. The number of hydrogen-bond donors (Lipinski definition) is 2. The highest BCUT2D eigenvalue weighted by molar-refractivity contribution is 5.47. The van der Waals surface area contributed by atoms with Gasteiger partial charge in [-0.1, -0.05) is 19.8 Å². The lowest BCUT2D eigenvalue weighted by Crippen LogP contribution is -2.17. The highest BCUT2D eigenvalue weighted by atomic mass is 19.1. The molecule has 1 saturated carbocycles. The van der Waals surface area contributed by atoms with Gasteiger partial charge in [0.25, 0.3) is 0 Å². The molecule has 0 aromatic carbocycles. The summed E-state index contributed by atoms with van der Waals surface area (Å²) in [5.74, 6) is -1.22. The molecule has 6 heteroatoms. The van der Waals surface area contributed by atoms with Crippen LogP contribution in [0.5, 0.6) is 0 Å². The van der Waals surface area contributed by atoms with Crippen LogP contribution in [0.3, 0.4) is 0 Å². The number of anilines is 2. The monoisotopic (exact) mass is 299 g/mol. The Morgan fingerprint density at radius 1 is 1.14 bits per heavy atom. The van der Waals surface area contributed by atoms with E-state index >= 15 is 0 Å². The fourth-order valence-corrected chi connectivity index (χ4v) is 2.41. The molecular weight excluding hydrogens is 276 g/mol. The molecule has 1 aliphatic rings. The number of nitrogens with one attached hydrogen (secondary N) is 2. The van der Waals surface area contributed by atoms with Gasteiger partial charge in [0, 0.05) is 19.2 Å². The Kier molecular flexibility index (Phi) is 6.17. The molecule has 0 aliphatic heterocycles. The topological polar surface area (TPSA) is 46.2 Å². The van der Waals surface area contributed by atoms with E-state index in [2.05, 4.69) is 15.6 Å². The summed E-state index contributed by atoms with van der Waals surface area (Å²) in [5.41, 5.74) is 0. The van der Waals surface area contributed by atoms with Gasteiger partial charge < -0.3 is 15.4 Å². The fourth-order valence-electron chi connectivity index (χ4n) is 2.41. The molecule has 0 spiro atoms. The van der Waals surface area contributed by atoms with Crippen molar-refractivity contribution in [2.24, 2.45) is 0 Å². The minimum absolute atomic E-state index is 0.0602. The van der Waals surface area contributed by atoms with Crippen LogP contribution in [0, 0.1) is 11.6 Å². The van der Waals surface area contributed by atoms with E-state index in [0.717, 1.165) is 25.3 Å². The van der Waals surface area contributed by atoms with Crippen molar-refractivity contribution in [1.82, 2.24) is 4.98 Å². The molecule has 1 aromatic rings. The SMILES string of the molecule is CCCNc1nc(NCCOC2CCCC2)c(F)cc1F. The van der Waals surface area contributed by atoms with Crippen molar-refractivity contribution in [3.05, 3.63) is 17.7 Å². The van der Waals surface area contributed by atoms with Gasteiger partial charge in [-0.3, -0.25) is 0 Å². The maximum atomic E-state index is 13.6. The van der Waals surface area contributed by atoms with Crippen LogP contribution in [0.25, 0.3) is 0 Å². The number of rotatable bonds is 8. The van der Waals surface area contributed by atoms with Crippen molar-refractivity contribution in [3.63, 3.8) is 0 Å². The largest absolute Gasteiger partial charge is 0.376 e. The lowest BCUT2D eigenvalue weighted by atomic mass is 10.3. The van der Waals surface area contributed by atoms with Gasteiger partial charge in [0.05, 0.1) is 12.7 Å². The Bertz CT molecular complexity index is 451. The molecule has 0 amide bonds.